The maximum absolute atomic E-state index is 5.93. The lowest BCUT2D eigenvalue weighted by Gasteiger charge is -2.07. The van der Waals surface area contributed by atoms with Crippen molar-refractivity contribution < 1.29 is 4.74 Å². The van der Waals surface area contributed by atoms with E-state index in [1.807, 2.05) is 60.8 Å². The molecule has 0 saturated heterocycles. The van der Waals surface area contributed by atoms with Gasteiger partial charge in [-0.25, -0.2) is 14.5 Å². The third-order valence-electron chi connectivity index (χ3n) is 4.54. The van der Waals surface area contributed by atoms with Gasteiger partial charge in [-0.3, -0.25) is 0 Å². The monoisotopic (exact) mass is 341 g/mol. The first kappa shape index (κ1) is 14.7. The number of anilines is 1. The van der Waals surface area contributed by atoms with Crippen LogP contribution < -0.4 is 10.5 Å². The van der Waals surface area contributed by atoms with E-state index in [0.717, 1.165) is 45.0 Å². The Morgan fingerprint density at radius 2 is 1.77 bits per heavy atom. The van der Waals surface area contributed by atoms with Crippen molar-refractivity contribution in [2.24, 2.45) is 4.99 Å². The van der Waals surface area contributed by atoms with E-state index in [-0.39, 0.29) is 5.95 Å². The molecule has 0 unspecified atom stereocenters. The van der Waals surface area contributed by atoms with Crippen LogP contribution in [-0.4, -0.2) is 27.4 Å². The molecular weight excluding hydrogens is 326 g/mol. The van der Waals surface area contributed by atoms with Crippen molar-refractivity contribution in [3.8, 4) is 17.0 Å². The number of aliphatic imine (C=N–C) groups is 1. The van der Waals surface area contributed by atoms with Gasteiger partial charge in [0.05, 0.1) is 18.5 Å². The summed E-state index contributed by atoms with van der Waals surface area (Å²) in [5, 5.41) is 4.32. The number of benzene rings is 2. The molecule has 0 atom stereocenters. The fraction of sp³-hybridized carbons (Fsp3) is 0.0500. The van der Waals surface area contributed by atoms with Gasteiger partial charge in [-0.15, -0.1) is 5.10 Å². The van der Waals surface area contributed by atoms with Gasteiger partial charge < -0.3 is 10.5 Å². The largest absolute Gasteiger partial charge is 0.497 e. The molecule has 126 valence electrons. The van der Waals surface area contributed by atoms with Crippen LogP contribution in [0.15, 0.2) is 65.8 Å². The first-order chi connectivity index (χ1) is 12.7. The second kappa shape index (κ2) is 5.42. The van der Waals surface area contributed by atoms with Crippen LogP contribution in [0.1, 0.15) is 11.1 Å². The minimum absolute atomic E-state index is 0.234. The summed E-state index contributed by atoms with van der Waals surface area (Å²) in [5.74, 6) is 1.04. The first-order valence-electron chi connectivity index (χ1n) is 8.22. The quantitative estimate of drug-likeness (QED) is 0.533. The second-order valence-corrected chi connectivity index (χ2v) is 6.05. The van der Waals surface area contributed by atoms with Crippen molar-refractivity contribution in [1.82, 2.24) is 14.6 Å². The van der Waals surface area contributed by atoms with Crippen LogP contribution in [0.4, 0.5) is 11.6 Å². The van der Waals surface area contributed by atoms with E-state index in [4.69, 9.17) is 15.5 Å². The molecule has 0 aliphatic carbocycles. The molecule has 0 spiro atoms. The lowest BCUT2D eigenvalue weighted by Crippen LogP contribution is -2.05. The molecule has 0 amide bonds. The molecule has 1 aliphatic rings. The standard InChI is InChI=1S/C20H15N5O/c1-26-13-8-6-12(7-9-13)17-15-10-11-25-19(15)18(23-20(21)24-25)14-4-2-3-5-16(14)22-17/h2-11H,1H3,(H2,21,24). The summed E-state index contributed by atoms with van der Waals surface area (Å²) < 4.78 is 7.04. The average Bonchev–Trinajstić information content (AvgIpc) is 3.03. The molecule has 1 aliphatic heterocycles. The summed E-state index contributed by atoms with van der Waals surface area (Å²) in [5.41, 5.74) is 12.3. The van der Waals surface area contributed by atoms with E-state index in [9.17, 15) is 0 Å². The predicted octanol–water partition coefficient (Wildman–Crippen LogP) is 3.47. The molecule has 2 aromatic carbocycles. The van der Waals surface area contributed by atoms with Crippen LogP contribution in [0.2, 0.25) is 0 Å². The van der Waals surface area contributed by atoms with E-state index < -0.39 is 0 Å². The van der Waals surface area contributed by atoms with Crippen molar-refractivity contribution in [2.75, 3.05) is 12.8 Å². The van der Waals surface area contributed by atoms with Gasteiger partial charge in [-0.05, 0) is 36.4 Å². The molecule has 0 bridgehead atoms. The van der Waals surface area contributed by atoms with Crippen molar-refractivity contribution in [3.05, 3.63) is 71.9 Å². The van der Waals surface area contributed by atoms with Gasteiger partial charge in [0, 0.05) is 22.9 Å². The van der Waals surface area contributed by atoms with Crippen molar-refractivity contribution in [1.29, 1.82) is 0 Å². The fourth-order valence-electron chi connectivity index (χ4n) is 3.34. The zero-order chi connectivity index (χ0) is 17.7. The number of nitrogens with two attached hydrogens (primary N) is 1. The van der Waals surface area contributed by atoms with Crippen molar-refractivity contribution in [2.45, 2.75) is 0 Å². The highest BCUT2D eigenvalue weighted by Gasteiger charge is 2.23. The number of fused-ring (bicyclic) bond motifs is 2. The number of ether oxygens (including phenoxy) is 1. The van der Waals surface area contributed by atoms with Crippen LogP contribution in [0.3, 0.4) is 0 Å². The van der Waals surface area contributed by atoms with E-state index >= 15 is 0 Å². The predicted molar refractivity (Wildman–Crippen MR) is 101 cm³/mol. The Morgan fingerprint density at radius 1 is 0.962 bits per heavy atom. The number of rotatable bonds is 2. The summed E-state index contributed by atoms with van der Waals surface area (Å²) in [6.45, 7) is 0. The molecule has 0 radical (unpaired) electrons. The van der Waals surface area contributed by atoms with Crippen LogP contribution in [-0.2, 0) is 0 Å². The van der Waals surface area contributed by atoms with E-state index in [0.29, 0.717) is 0 Å². The number of nitrogens with zero attached hydrogens (tertiary/aromatic N) is 4. The summed E-state index contributed by atoms with van der Waals surface area (Å²) in [7, 11) is 1.66. The molecule has 0 fully saturated rings. The maximum Gasteiger partial charge on any atom is 0.238 e. The minimum Gasteiger partial charge on any atom is -0.497 e. The number of methoxy groups -OCH3 is 1. The average molecular weight is 341 g/mol. The summed E-state index contributed by atoms with van der Waals surface area (Å²) in [6, 6.07) is 17.8. The Morgan fingerprint density at radius 3 is 2.58 bits per heavy atom. The normalized spacial score (nSPS) is 12.4. The Bertz CT molecular complexity index is 1170. The molecule has 26 heavy (non-hydrogen) atoms. The van der Waals surface area contributed by atoms with Crippen molar-refractivity contribution in [3.63, 3.8) is 0 Å². The molecule has 6 heteroatoms. The van der Waals surface area contributed by atoms with Gasteiger partial charge in [-0.1, -0.05) is 18.2 Å². The van der Waals surface area contributed by atoms with E-state index in [2.05, 4.69) is 10.1 Å². The van der Waals surface area contributed by atoms with Gasteiger partial charge in [0.15, 0.2) is 0 Å². The number of nitrogen functional groups attached to an aromatic ring is 1. The summed E-state index contributed by atoms with van der Waals surface area (Å²) >= 11 is 0. The van der Waals surface area contributed by atoms with E-state index in [1.54, 1.807) is 11.6 Å². The molecule has 6 nitrogen and oxygen atoms in total. The smallest absolute Gasteiger partial charge is 0.238 e. The zero-order valence-corrected chi connectivity index (χ0v) is 14.0. The summed E-state index contributed by atoms with van der Waals surface area (Å²) in [6.07, 6.45) is 1.89. The maximum atomic E-state index is 5.93. The molecule has 3 heterocycles. The van der Waals surface area contributed by atoms with Crippen LogP contribution in [0.5, 0.6) is 5.75 Å². The lowest BCUT2D eigenvalue weighted by atomic mass is 10.0. The van der Waals surface area contributed by atoms with Crippen molar-refractivity contribution >= 4 is 22.9 Å². The minimum atomic E-state index is 0.234. The van der Waals surface area contributed by atoms with Crippen LogP contribution in [0, 0.1) is 0 Å². The molecule has 4 aromatic rings. The topological polar surface area (TPSA) is 77.8 Å². The Hall–Kier alpha value is -3.67. The number of aromatic nitrogens is 3. The molecule has 5 rings (SSSR count). The Kier molecular flexibility index (Phi) is 3.05. The fourth-order valence-corrected chi connectivity index (χ4v) is 3.34. The van der Waals surface area contributed by atoms with Gasteiger partial charge in [0.25, 0.3) is 0 Å². The highest BCUT2D eigenvalue weighted by Crippen LogP contribution is 2.38. The van der Waals surface area contributed by atoms with Gasteiger partial charge in [0.1, 0.15) is 17.0 Å². The highest BCUT2D eigenvalue weighted by molar-refractivity contribution is 6.20. The SMILES string of the molecule is COc1ccc(C2=Nc3ccccc3-c3nc(N)nn4ccc2c34)cc1. The molecule has 2 aromatic heterocycles. The Balaban J connectivity index is 1.86. The number of hydrogen-bond acceptors (Lipinski definition) is 5. The van der Waals surface area contributed by atoms with E-state index in [1.165, 1.54) is 0 Å². The van der Waals surface area contributed by atoms with Gasteiger partial charge >= 0.3 is 0 Å². The highest BCUT2D eigenvalue weighted by atomic mass is 16.5. The number of hydrogen-bond donors (Lipinski definition) is 1. The second-order valence-electron chi connectivity index (χ2n) is 6.05. The Labute approximate surface area is 149 Å². The number of para-hydroxylation sites is 1. The third-order valence-corrected chi connectivity index (χ3v) is 4.54. The summed E-state index contributed by atoms with van der Waals surface area (Å²) in [4.78, 5) is 9.47. The van der Waals surface area contributed by atoms with Crippen LogP contribution >= 0.6 is 0 Å². The third kappa shape index (κ3) is 2.09. The van der Waals surface area contributed by atoms with Gasteiger partial charge in [0.2, 0.25) is 5.95 Å². The zero-order valence-electron chi connectivity index (χ0n) is 14.0. The van der Waals surface area contributed by atoms with Crippen LogP contribution in [0.25, 0.3) is 16.8 Å². The molecule has 0 saturated carbocycles. The molecule has 2 N–H and O–H groups in total. The lowest BCUT2D eigenvalue weighted by molar-refractivity contribution is 0.415. The van der Waals surface area contributed by atoms with Gasteiger partial charge in [-0.2, -0.15) is 0 Å². The first-order valence-corrected chi connectivity index (χ1v) is 8.22. The molecular formula is C20H15N5O.